The molecule has 2 aromatic rings. The van der Waals surface area contributed by atoms with E-state index >= 15 is 0 Å². The Morgan fingerprint density at radius 1 is 1.37 bits per heavy atom. The summed E-state index contributed by atoms with van der Waals surface area (Å²) in [6.45, 7) is 0. The Bertz CT molecular complexity index is 619. The monoisotopic (exact) mass is 260 g/mol. The van der Waals surface area contributed by atoms with Crippen LogP contribution >= 0.6 is 0 Å². The molecule has 1 aliphatic rings. The fourth-order valence-electron chi connectivity index (χ4n) is 2.62. The number of hydrogen-bond acceptors (Lipinski definition) is 2. The summed E-state index contributed by atoms with van der Waals surface area (Å²) in [5.74, 6) is -1.58. The highest BCUT2D eigenvalue weighted by atomic mass is 19.1. The van der Waals surface area contributed by atoms with E-state index in [2.05, 4.69) is 5.10 Å². The fraction of sp³-hybridized carbons (Fsp3) is 0.286. The van der Waals surface area contributed by atoms with Crippen molar-refractivity contribution < 1.29 is 14.3 Å². The Morgan fingerprint density at radius 2 is 2.11 bits per heavy atom. The number of carboxylic acids is 1. The van der Waals surface area contributed by atoms with Gasteiger partial charge >= 0.3 is 5.97 Å². The van der Waals surface area contributed by atoms with Gasteiger partial charge in [0.25, 0.3) is 0 Å². The van der Waals surface area contributed by atoms with Gasteiger partial charge in [-0.2, -0.15) is 5.10 Å². The highest BCUT2D eigenvalue weighted by Crippen LogP contribution is 2.32. The predicted molar refractivity (Wildman–Crippen MR) is 66.8 cm³/mol. The van der Waals surface area contributed by atoms with Gasteiger partial charge in [-0.3, -0.25) is 4.79 Å². The lowest BCUT2D eigenvalue weighted by Gasteiger charge is -2.19. The summed E-state index contributed by atoms with van der Waals surface area (Å²) in [6, 6.07) is 6.04. The minimum absolute atomic E-state index is 0.298. The minimum Gasteiger partial charge on any atom is -0.481 e. The van der Waals surface area contributed by atoms with Crippen molar-refractivity contribution in [2.24, 2.45) is 0 Å². The van der Waals surface area contributed by atoms with Crippen molar-refractivity contribution in [2.45, 2.75) is 25.2 Å². The topological polar surface area (TPSA) is 55.1 Å². The molecule has 0 saturated heterocycles. The van der Waals surface area contributed by atoms with Crippen LogP contribution in [0.1, 0.15) is 30.0 Å². The maximum atomic E-state index is 12.9. The fourth-order valence-corrected chi connectivity index (χ4v) is 2.62. The molecule has 0 radical (unpaired) electrons. The normalized spacial score (nSPS) is 18.1. The van der Waals surface area contributed by atoms with Crippen LogP contribution in [-0.2, 0) is 11.2 Å². The molecule has 0 bridgehead atoms. The first-order chi connectivity index (χ1) is 9.16. The van der Waals surface area contributed by atoms with Crippen LogP contribution in [0.2, 0.25) is 0 Å². The van der Waals surface area contributed by atoms with Gasteiger partial charge in [0.05, 0.1) is 17.8 Å². The molecular weight excluding hydrogens is 247 g/mol. The van der Waals surface area contributed by atoms with Crippen LogP contribution < -0.4 is 0 Å². The van der Waals surface area contributed by atoms with Crippen molar-refractivity contribution in [1.82, 2.24) is 9.78 Å². The molecule has 98 valence electrons. The third kappa shape index (κ3) is 2.01. The summed E-state index contributed by atoms with van der Waals surface area (Å²) in [7, 11) is 0. The summed E-state index contributed by atoms with van der Waals surface area (Å²) in [5, 5.41) is 13.5. The number of benzene rings is 1. The van der Waals surface area contributed by atoms with Crippen molar-refractivity contribution in [2.75, 3.05) is 0 Å². The second-order valence-electron chi connectivity index (χ2n) is 4.72. The average molecular weight is 260 g/mol. The summed E-state index contributed by atoms with van der Waals surface area (Å²) in [4.78, 5) is 11.2. The number of aromatic nitrogens is 2. The van der Waals surface area contributed by atoms with E-state index in [1.165, 1.54) is 12.1 Å². The molecule has 0 spiro atoms. The smallest absolute Gasteiger partial charge is 0.311 e. The van der Waals surface area contributed by atoms with Gasteiger partial charge in [-0.1, -0.05) is 0 Å². The molecule has 1 N–H and O–H groups in total. The number of nitrogens with zero attached hydrogens (tertiary/aromatic N) is 2. The maximum absolute atomic E-state index is 12.9. The molecule has 0 unspecified atom stereocenters. The lowest BCUT2D eigenvalue weighted by molar-refractivity contribution is -0.139. The Morgan fingerprint density at radius 3 is 2.79 bits per heavy atom. The third-order valence-electron chi connectivity index (χ3n) is 3.55. The van der Waals surface area contributed by atoms with Crippen LogP contribution in [-0.4, -0.2) is 20.9 Å². The van der Waals surface area contributed by atoms with Crippen molar-refractivity contribution in [3.8, 4) is 5.69 Å². The van der Waals surface area contributed by atoms with Gasteiger partial charge in [-0.15, -0.1) is 0 Å². The zero-order chi connectivity index (χ0) is 13.4. The van der Waals surface area contributed by atoms with E-state index in [9.17, 15) is 14.3 Å². The number of carboxylic acid groups (broad SMARTS) is 1. The molecule has 0 fully saturated rings. The lowest BCUT2D eigenvalue weighted by Crippen LogP contribution is -2.18. The molecule has 4 nitrogen and oxygen atoms in total. The molecule has 0 aliphatic heterocycles. The second kappa shape index (κ2) is 4.50. The summed E-state index contributed by atoms with van der Waals surface area (Å²) >= 11 is 0. The highest BCUT2D eigenvalue weighted by Gasteiger charge is 2.29. The molecule has 5 heteroatoms. The van der Waals surface area contributed by atoms with Gasteiger partial charge in [0.15, 0.2) is 0 Å². The van der Waals surface area contributed by atoms with Gasteiger partial charge in [0.2, 0.25) is 0 Å². The van der Waals surface area contributed by atoms with Crippen LogP contribution in [0.25, 0.3) is 5.69 Å². The van der Waals surface area contributed by atoms with Crippen molar-refractivity contribution in [3.05, 3.63) is 47.5 Å². The number of carbonyl (C=O) groups is 1. The highest BCUT2D eigenvalue weighted by molar-refractivity contribution is 5.76. The first kappa shape index (κ1) is 11.9. The first-order valence-corrected chi connectivity index (χ1v) is 6.22. The van der Waals surface area contributed by atoms with E-state index in [0.717, 1.165) is 29.8 Å². The van der Waals surface area contributed by atoms with Crippen LogP contribution in [0.15, 0.2) is 30.5 Å². The second-order valence-corrected chi connectivity index (χ2v) is 4.72. The van der Waals surface area contributed by atoms with Gasteiger partial charge in [0, 0.05) is 11.3 Å². The minimum atomic E-state index is -0.806. The molecular formula is C14H13FN2O2. The van der Waals surface area contributed by atoms with Gasteiger partial charge in [0.1, 0.15) is 5.82 Å². The first-order valence-electron chi connectivity index (χ1n) is 6.22. The summed E-state index contributed by atoms with van der Waals surface area (Å²) in [6.07, 6.45) is 3.90. The van der Waals surface area contributed by atoms with Crippen molar-refractivity contribution in [3.63, 3.8) is 0 Å². The summed E-state index contributed by atoms with van der Waals surface area (Å²) in [5.41, 5.74) is 2.46. The van der Waals surface area contributed by atoms with Crippen LogP contribution in [0.4, 0.5) is 4.39 Å². The van der Waals surface area contributed by atoms with Gasteiger partial charge < -0.3 is 5.11 Å². The Labute approximate surface area is 109 Å². The van der Waals surface area contributed by atoms with Gasteiger partial charge in [-0.05, 0) is 43.5 Å². The number of rotatable bonds is 2. The zero-order valence-corrected chi connectivity index (χ0v) is 10.2. The standard InChI is InChI=1S/C14H13FN2O2/c15-9-4-6-10(7-5-9)17-13-3-1-2-11(14(18)19)12(13)8-16-17/h4-8,11H,1-3H2,(H,18,19)/t11-/m0/s1. The van der Waals surface area contributed by atoms with Crippen molar-refractivity contribution in [1.29, 1.82) is 0 Å². The van der Waals surface area contributed by atoms with E-state index in [4.69, 9.17) is 0 Å². The van der Waals surface area contributed by atoms with Crippen LogP contribution in [0.3, 0.4) is 0 Å². The van der Waals surface area contributed by atoms with E-state index in [1.807, 2.05) is 0 Å². The molecule has 0 amide bonds. The Balaban J connectivity index is 2.05. The summed E-state index contributed by atoms with van der Waals surface area (Å²) < 4.78 is 14.6. The number of fused-ring (bicyclic) bond motifs is 1. The molecule has 19 heavy (non-hydrogen) atoms. The van der Waals surface area contributed by atoms with Crippen molar-refractivity contribution >= 4 is 5.97 Å². The van der Waals surface area contributed by atoms with Crippen LogP contribution in [0.5, 0.6) is 0 Å². The molecule has 0 saturated carbocycles. The molecule has 3 rings (SSSR count). The molecule has 1 aromatic carbocycles. The maximum Gasteiger partial charge on any atom is 0.311 e. The molecule has 1 aromatic heterocycles. The largest absolute Gasteiger partial charge is 0.481 e. The SMILES string of the molecule is O=C(O)[C@H]1CCCc2c1cnn2-c1ccc(F)cc1. The molecule has 1 atom stereocenters. The Kier molecular flexibility index (Phi) is 2.81. The van der Waals surface area contributed by atoms with E-state index in [0.29, 0.717) is 6.42 Å². The predicted octanol–water partition coefficient (Wildman–Crippen LogP) is 2.52. The third-order valence-corrected chi connectivity index (χ3v) is 3.55. The van der Waals surface area contributed by atoms with Gasteiger partial charge in [-0.25, -0.2) is 9.07 Å². The van der Waals surface area contributed by atoms with E-state index in [-0.39, 0.29) is 5.82 Å². The zero-order valence-electron chi connectivity index (χ0n) is 10.2. The van der Waals surface area contributed by atoms with Crippen LogP contribution in [0, 0.1) is 5.82 Å². The average Bonchev–Trinajstić information content (AvgIpc) is 2.83. The van der Waals surface area contributed by atoms with E-state index in [1.54, 1.807) is 23.0 Å². The molecule has 1 aliphatic carbocycles. The number of halogens is 1. The van der Waals surface area contributed by atoms with E-state index < -0.39 is 11.9 Å². The Hall–Kier alpha value is -2.17. The quantitative estimate of drug-likeness (QED) is 0.902. The number of hydrogen-bond donors (Lipinski definition) is 1. The molecule has 1 heterocycles. The lowest BCUT2D eigenvalue weighted by atomic mass is 9.87. The number of aliphatic carboxylic acids is 1.